The maximum Gasteiger partial charge on any atom is 0.254 e. The van der Waals surface area contributed by atoms with Crippen LogP contribution in [0.25, 0.3) is 0 Å². The van der Waals surface area contributed by atoms with Gasteiger partial charge in [0.05, 0.1) is 4.92 Å². The molecule has 33 valence electrons. The van der Waals surface area contributed by atoms with Gasteiger partial charge in [-0.15, -0.1) is 0 Å². The lowest BCUT2D eigenvalue weighted by atomic mass is 11.1. The first-order valence-corrected chi connectivity index (χ1v) is 1.48. The molecule has 0 aromatic rings. The normalized spacial score (nSPS) is 9.50. The van der Waals surface area contributed by atoms with E-state index in [0.29, 0.717) is 6.20 Å². The highest BCUT2D eigenvalue weighted by molar-refractivity contribution is 6.21. The monoisotopic (exact) mass is 106 g/mol. The van der Waals surface area contributed by atoms with Gasteiger partial charge in [0.25, 0.3) is 6.20 Å². The second kappa shape index (κ2) is 2.66. The molecule has 4 heteroatoms. The van der Waals surface area contributed by atoms with Gasteiger partial charge in [-0.2, -0.15) is 0 Å². The molecule has 1 radical (unpaired) electrons. The summed E-state index contributed by atoms with van der Waals surface area (Å²) < 4.78 is 0. The summed E-state index contributed by atoms with van der Waals surface area (Å²) in [7, 11) is 0. The Balaban J connectivity index is 3.30. The number of nitrogens with zero attached hydrogens (tertiary/aromatic N) is 1. The maximum atomic E-state index is 9.20. The first-order valence-electron chi connectivity index (χ1n) is 1.10. The van der Waals surface area contributed by atoms with Crippen LogP contribution in [0.2, 0.25) is 0 Å². The van der Waals surface area contributed by atoms with Gasteiger partial charge in [0.1, 0.15) is 5.54 Å². The Morgan fingerprint density at radius 1 is 2.00 bits per heavy atom. The molecule has 0 aliphatic heterocycles. The van der Waals surface area contributed by atoms with Crippen LogP contribution in [-0.2, 0) is 0 Å². The number of nitro groups is 1. The summed E-state index contributed by atoms with van der Waals surface area (Å²) in [5, 5.41) is 9.20. The minimum Gasteiger partial charge on any atom is -0.259 e. The summed E-state index contributed by atoms with van der Waals surface area (Å²) in [5.74, 6) is 0. The molecule has 0 N–H and O–H groups in total. The van der Waals surface area contributed by atoms with Crippen molar-refractivity contribution in [2.75, 3.05) is 0 Å². The van der Waals surface area contributed by atoms with Crippen molar-refractivity contribution in [3.8, 4) is 0 Å². The van der Waals surface area contributed by atoms with Crippen molar-refractivity contribution in [2.45, 2.75) is 0 Å². The molecule has 0 aromatic carbocycles. The number of hydrogen-bond donors (Lipinski definition) is 0. The zero-order valence-corrected chi connectivity index (χ0v) is 3.47. The van der Waals surface area contributed by atoms with Crippen LogP contribution in [0, 0.1) is 15.6 Å². The fraction of sp³-hybridized carbons (Fsp3) is 0. The number of rotatable bonds is 1. The zero-order chi connectivity index (χ0) is 4.99. The Hall–Kier alpha value is -0.570. The van der Waals surface area contributed by atoms with Crippen LogP contribution >= 0.6 is 11.6 Å². The van der Waals surface area contributed by atoms with Crippen LogP contribution in [0.1, 0.15) is 0 Å². The molecule has 0 aliphatic carbocycles. The van der Waals surface area contributed by atoms with Crippen molar-refractivity contribution in [1.29, 1.82) is 0 Å². The average Bonchev–Trinajstić information content (AvgIpc) is 1.35. The zero-order valence-electron chi connectivity index (χ0n) is 2.72. The molecule has 0 atom stereocenters. The fourth-order valence-corrected chi connectivity index (χ4v) is 0.120. The lowest BCUT2D eigenvalue weighted by molar-refractivity contribution is -0.402. The molecule has 3 nitrogen and oxygen atoms in total. The fourth-order valence-electron chi connectivity index (χ4n) is 0.0398. The average molecular weight is 106 g/mol. The van der Waals surface area contributed by atoms with Gasteiger partial charge >= 0.3 is 0 Å². The van der Waals surface area contributed by atoms with Crippen molar-refractivity contribution in [1.82, 2.24) is 0 Å². The summed E-state index contributed by atoms with van der Waals surface area (Å²) in [6, 6.07) is 0. The topological polar surface area (TPSA) is 43.1 Å². The molecule has 0 spiro atoms. The van der Waals surface area contributed by atoms with Crippen LogP contribution < -0.4 is 0 Å². The standard InChI is InChI=1S/C2HClNO2/c3-1-2-4(5)6/h2H. The van der Waals surface area contributed by atoms with Crippen molar-refractivity contribution in [2.24, 2.45) is 0 Å². The van der Waals surface area contributed by atoms with E-state index in [1.54, 1.807) is 5.54 Å². The Morgan fingerprint density at radius 3 is 2.50 bits per heavy atom. The van der Waals surface area contributed by atoms with Gasteiger partial charge in [0.2, 0.25) is 0 Å². The van der Waals surface area contributed by atoms with Gasteiger partial charge in [0.15, 0.2) is 0 Å². The molecule has 0 aliphatic rings. The quantitative estimate of drug-likeness (QED) is 0.366. The third-order valence-electron chi connectivity index (χ3n) is 0.154. The Bertz CT molecular complexity index is 79.6. The summed E-state index contributed by atoms with van der Waals surface area (Å²) in [5.41, 5.74) is 1.72. The molecule has 0 saturated heterocycles. The van der Waals surface area contributed by atoms with Crippen molar-refractivity contribution < 1.29 is 4.92 Å². The van der Waals surface area contributed by atoms with E-state index in [-0.39, 0.29) is 0 Å². The third-order valence-corrected chi connectivity index (χ3v) is 0.252. The van der Waals surface area contributed by atoms with E-state index in [2.05, 4.69) is 11.6 Å². The smallest absolute Gasteiger partial charge is 0.254 e. The van der Waals surface area contributed by atoms with Gasteiger partial charge in [0, 0.05) is 0 Å². The van der Waals surface area contributed by atoms with Gasteiger partial charge in [-0.25, -0.2) is 0 Å². The predicted octanol–water partition coefficient (Wildman–Crippen LogP) is 0.776. The van der Waals surface area contributed by atoms with Gasteiger partial charge in [-0.05, 0) is 0 Å². The third kappa shape index (κ3) is 3.43. The van der Waals surface area contributed by atoms with Gasteiger partial charge < -0.3 is 0 Å². The van der Waals surface area contributed by atoms with Crippen molar-refractivity contribution in [3.05, 3.63) is 21.8 Å². The van der Waals surface area contributed by atoms with E-state index in [9.17, 15) is 10.1 Å². The highest BCUT2D eigenvalue weighted by Crippen LogP contribution is 1.73. The second-order valence-electron chi connectivity index (χ2n) is 0.524. The maximum absolute atomic E-state index is 9.20. The molecule has 0 saturated carbocycles. The Labute approximate surface area is 39.4 Å². The second-order valence-corrected chi connectivity index (χ2v) is 0.742. The summed E-state index contributed by atoms with van der Waals surface area (Å²) in [4.78, 5) is 8.51. The molecule has 6 heavy (non-hydrogen) atoms. The highest BCUT2D eigenvalue weighted by atomic mass is 35.5. The van der Waals surface area contributed by atoms with Crippen LogP contribution in [0.3, 0.4) is 0 Å². The lowest BCUT2D eigenvalue weighted by Gasteiger charge is -1.67. The lowest BCUT2D eigenvalue weighted by Crippen LogP contribution is -1.79. The van der Waals surface area contributed by atoms with Crippen LogP contribution in [-0.4, -0.2) is 4.92 Å². The molecular formula is C2HClNO2. The summed E-state index contributed by atoms with van der Waals surface area (Å²) in [6.07, 6.45) is 0.529. The van der Waals surface area contributed by atoms with E-state index < -0.39 is 4.92 Å². The molecule has 0 unspecified atom stereocenters. The summed E-state index contributed by atoms with van der Waals surface area (Å²) in [6.45, 7) is 0. The molecule has 0 aromatic heterocycles. The largest absolute Gasteiger partial charge is 0.259 e. The SMILES string of the molecule is O=[N+]([O-])/C=[C]\Cl. The summed E-state index contributed by atoms with van der Waals surface area (Å²) >= 11 is 4.65. The number of halogens is 1. The van der Waals surface area contributed by atoms with Gasteiger partial charge in [-0.1, -0.05) is 11.6 Å². The first-order chi connectivity index (χ1) is 2.77. The van der Waals surface area contributed by atoms with E-state index in [0.717, 1.165) is 0 Å². The molecule has 0 fully saturated rings. The predicted molar refractivity (Wildman–Crippen MR) is 20.7 cm³/mol. The van der Waals surface area contributed by atoms with Crippen LogP contribution in [0.15, 0.2) is 6.20 Å². The molecule has 0 rings (SSSR count). The molecule has 0 amide bonds. The minimum absolute atomic E-state index is 0.529. The molecule has 0 bridgehead atoms. The van der Waals surface area contributed by atoms with Crippen molar-refractivity contribution in [3.63, 3.8) is 0 Å². The van der Waals surface area contributed by atoms with E-state index in [1.165, 1.54) is 0 Å². The number of hydrogen-bond acceptors (Lipinski definition) is 2. The highest BCUT2D eigenvalue weighted by Gasteiger charge is 1.76. The Morgan fingerprint density at radius 2 is 2.50 bits per heavy atom. The molecular weight excluding hydrogens is 105 g/mol. The van der Waals surface area contributed by atoms with E-state index in [1.807, 2.05) is 0 Å². The van der Waals surface area contributed by atoms with E-state index >= 15 is 0 Å². The molecule has 0 heterocycles. The van der Waals surface area contributed by atoms with Gasteiger partial charge in [-0.3, -0.25) is 10.1 Å². The Kier molecular flexibility index (Phi) is 2.40. The first kappa shape index (κ1) is 5.43. The van der Waals surface area contributed by atoms with E-state index in [4.69, 9.17) is 0 Å². The van der Waals surface area contributed by atoms with Crippen LogP contribution in [0.4, 0.5) is 0 Å². The minimum atomic E-state index is -0.688. The van der Waals surface area contributed by atoms with Crippen LogP contribution in [0.5, 0.6) is 0 Å². The van der Waals surface area contributed by atoms with Crippen molar-refractivity contribution >= 4 is 11.6 Å².